The van der Waals surface area contributed by atoms with Gasteiger partial charge < -0.3 is 9.08 Å². The Morgan fingerprint density at radius 1 is 1.52 bits per heavy atom. The summed E-state index contributed by atoms with van der Waals surface area (Å²) in [7, 11) is 3.95. The van der Waals surface area contributed by atoms with Crippen LogP contribution in [0.4, 0.5) is 0 Å². The molecular formula is C13H16N4O3S. The minimum Gasteiger partial charge on any atom is -0.391 e. The van der Waals surface area contributed by atoms with E-state index >= 15 is 0 Å². The van der Waals surface area contributed by atoms with Gasteiger partial charge in [0.05, 0.1) is 23.5 Å². The lowest BCUT2D eigenvalue weighted by Crippen LogP contribution is -2.21. The summed E-state index contributed by atoms with van der Waals surface area (Å²) >= 11 is 0.914. The van der Waals surface area contributed by atoms with Gasteiger partial charge in [-0.05, 0) is 31.8 Å². The van der Waals surface area contributed by atoms with E-state index in [0.717, 1.165) is 29.8 Å². The third-order valence-corrected chi connectivity index (χ3v) is 2.96. The summed E-state index contributed by atoms with van der Waals surface area (Å²) in [5.74, 6) is -0.987. The molecule has 0 saturated heterocycles. The Kier molecular flexibility index (Phi) is 7.21. The molecule has 1 rings (SSSR count). The zero-order valence-corrected chi connectivity index (χ0v) is 12.6. The zero-order valence-electron chi connectivity index (χ0n) is 11.8. The number of aromatic nitrogens is 1. The van der Waals surface area contributed by atoms with Gasteiger partial charge >= 0.3 is 5.97 Å². The number of nitriles is 1. The van der Waals surface area contributed by atoms with Crippen LogP contribution in [0.3, 0.4) is 0 Å². The summed E-state index contributed by atoms with van der Waals surface area (Å²) in [4.78, 5) is 28.5. The van der Waals surface area contributed by atoms with E-state index < -0.39 is 18.3 Å². The number of hydrogen-bond acceptors (Lipinski definition) is 7. The lowest BCUT2D eigenvalue weighted by Gasteiger charge is -2.10. The standard InChI is InChI=1S/C13H16N4O3S/c1-17(2)7-10-3-4-15-11(5-10)8-21-20-13(19)6-12(18)16-9-14/h3-5H,6-8H2,1-2H3,(H,16,18). The van der Waals surface area contributed by atoms with Gasteiger partial charge in [-0.25, -0.2) is 0 Å². The average Bonchev–Trinajstić information content (AvgIpc) is 2.38. The molecule has 1 amide bonds. The summed E-state index contributed by atoms with van der Waals surface area (Å²) in [5.41, 5.74) is 1.90. The largest absolute Gasteiger partial charge is 0.391 e. The van der Waals surface area contributed by atoms with Gasteiger partial charge in [-0.3, -0.25) is 19.9 Å². The first kappa shape index (κ1) is 16.9. The third-order valence-electron chi connectivity index (χ3n) is 2.24. The summed E-state index contributed by atoms with van der Waals surface area (Å²) in [6.45, 7) is 0.800. The highest BCUT2D eigenvalue weighted by Gasteiger charge is 2.11. The van der Waals surface area contributed by atoms with Gasteiger partial charge in [0.15, 0.2) is 6.19 Å². The van der Waals surface area contributed by atoms with E-state index in [1.165, 1.54) is 6.19 Å². The Morgan fingerprint density at radius 2 is 2.29 bits per heavy atom. The quantitative estimate of drug-likeness (QED) is 0.345. The maximum atomic E-state index is 11.3. The number of nitrogens with one attached hydrogen (secondary N) is 1. The molecular weight excluding hydrogens is 292 g/mol. The van der Waals surface area contributed by atoms with Gasteiger partial charge in [0.1, 0.15) is 6.42 Å². The summed E-state index contributed by atoms with van der Waals surface area (Å²) < 4.78 is 4.84. The summed E-state index contributed by atoms with van der Waals surface area (Å²) in [6, 6.07) is 3.86. The van der Waals surface area contributed by atoms with Crippen LogP contribution in [-0.4, -0.2) is 35.9 Å². The fourth-order valence-corrected chi connectivity index (χ4v) is 2.02. The SMILES string of the molecule is CN(C)Cc1ccnc(CSOC(=O)CC(=O)NC#N)c1. The van der Waals surface area contributed by atoms with Crippen LogP contribution in [0, 0.1) is 11.5 Å². The first-order valence-electron chi connectivity index (χ1n) is 6.10. The average molecular weight is 308 g/mol. The van der Waals surface area contributed by atoms with Crippen LogP contribution in [0.1, 0.15) is 17.7 Å². The third kappa shape index (κ3) is 7.29. The second-order valence-corrected chi connectivity index (χ2v) is 5.14. The summed E-state index contributed by atoms with van der Waals surface area (Å²) in [6.07, 6.45) is 2.68. The van der Waals surface area contributed by atoms with Gasteiger partial charge in [0.25, 0.3) is 0 Å². The van der Waals surface area contributed by atoms with Gasteiger partial charge in [0.2, 0.25) is 5.91 Å². The van der Waals surface area contributed by atoms with E-state index in [9.17, 15) is 9.59 Å². The lowest BCUT2D eigenvalue weighted by molar-refractivity contribution is -0.137. The molecule has 0 saturated carbocycles. The van der Waals surface area contributed by atoms with Crippen LogP contribution in [0.5, 0.6) is 0 Å². The van der Waals surface area contributed by atoms with Crippen LogP contribution in [-0.2, 0) is 26.1 Å². The number of rotatable bonds is 7. The predicted octanol–water partition coefficient (Wildman–Crippen LogP) is 0.822. The molecule has 7 nitrogen and oxygen atoms in total. The maximum Gasteiger partial charge on any atom is 0.327 e. The topological polar surface area (TPSA) is 95.3 Å². The number of pyridine rings is 1. The van der Waals surface area contributed by atoms with E-state index in [0.29, 0.717) is 5.75 Å². The molecule has 8 heteroatoms. The number of carbonyl (C=O) groups is 2. The predicted molar refractivity (Wildman–Crippen MR) is 77.4 cm³/mol. The number of amides is 1. The van der Waals surface area contributed by atoms with E-state index in [-0.39, 0.29) is 0 Å². The van der Waals surface area contributed by atoms with Crippen molar-refractivity contribution in [3.05, 3.63) is 29.6 Å². The molecule has 0 bridgehead atoms. The molecule has 21 heavy (non-hydrogen) atoms. The highest BCUT2D eigenvalue weighted by molar-refractivity contribution is 7.94. The Labute approximate surface area is 127 Å². The highest BCUT2D eigenvalue weighted by Crippen LogP contribution is 2.14. The smallest absolute Gasteiger partial charge is 0.327 e. The number of hydrogen-bond donors (Lipinski definition) is 1. The first-order chi connectivity index (χ1) is 10.0. The van der Waals surface area contributed by atoms with E-state index in [1.54, 1.807) is 6.20 Å². The minimum atomic E-state index is -0.697. The molecule has 112 valence electrons. The van der Waals surface area contributed by atoms with Gasteiger partial charge in [0, 0.05) is 12.7 Å². The van der Waals surface area contributed by atoms with Crippen LogP contribution >= 0.6 is 12.0 Å². The second kappa shape index (κ2) is 8.94. The fraction of sp³-hybridized carbons (Fsp3) is 0.385. The Hall–Kier alpha value is -2.11. The minimum absolute atomic E-state index is 0.396. The van der Waals surface area contributed by atoms with Gasteiger partial charge in [-0.1, -0.05) is 0 Å². The Balaban J connectivity index is 2.37. The summed E-state index contributed by atoms with van der Waals surface area (Å²) in [5, 5.41) is 10.1. The molecule has 0 aliphatic rings. The van der Waals surface area contributed by atoms with E-state index in [4.69, 9.17) is 9.44 Å². The highest BCUT2D eigenvalue weighted by atomic mass is 32.2. The van der Waals surface area contributed by atoms with Crippen molar-refractivity contribution in [2.24, 2.45) is 0 Å². The Bertz CT molecular complexity index is 542. The molecule has 0 aromatic carbocycles. The van der Waals surface area contributed by atoms with Crippen molar-refractivity contribution in [2.75, 3.05) is 14.1 Å². The maximum absolute atomic E-state index is 11.3. The molecule has 0 aliphatic carbocycles. The van der Waals surface area contributed by atoms with Crippen molar-refractivity contribution in [3.63, 3.8) is 0 Å². The molecule has 0 unspecified atom stereocenters. The van der Waals surface area contributed by atoms with Crippen molar-refractivity contribution < 1.29 is 13.8 Å². The molecule has 0 spiro atoms. The molecule has 1 aromatic rings. The van der Waals surface area contributed by atoms with Crippen molar-refractivity contribution in [1.29, 1.82) is 5.26 Å². The molecule has 0 atom stereocenters. The van der Waals surface area contributed by atoms with E-state index in [2.05, 4.69) is 4.98 Å². The molecule has 1 N–H and O–H groups in total. The molecule has 1 heterocycles. The first-order valence-corrected chi connectivity index (χ1v) is 7.01. The molecule has 0 fully saturated rings. The van der Waals surface area contributed by atoms with E-state index in [1.807, 2.05) is 36.4 Å². The van der Waals surface area contributed by atoms with Gasteiger partial charge in [-0.2, -0.15) is 5.26 Å². The molecule has 0 aliphatic heterocycles. The molecule has 0 radical (unpaired) electrons. The van der Waals surface area contributed by atoms with Crippen molar-refractivity contribution in [2.45, 2.75) is 18.7 Å². The number of carbonyl (C=O) groups excluding carboxylic acids is 2. The normalized spacial score (nSPS) is 10.0. The van der Waals surface area contributed by atoms with Crippen LogP contribution in [0.25, 0.3) is 0 Å². The monoisotopic (exact) mass is 308 g/mol. The van der Waals surface area contributed by atoms with Crippen LogP contribution in [0.15, 0.2) is 18.3 Å². The van der Waals surface area contributed by atoms with Crippen molar-refractivity contribution in [1.82, 2.24) is 15.2 Å². The van der Waals surface area contributed by atoms with Gasteiger partial charge in [-0.15, -0.1) is 0 Å². The van der Waals surface area contributed by atoms with Crippen LogP contribution < -0.4 is 5.32 Å². The van der Waals surface area contributed by atoms with Crippen LogP contribution in [0.2, 0.25) is 0 Å². The molecule has 1 aromatic heterocycles. The lowest BCUT2D eigenvalue weighted by atomic mass is 10.2. The number of nitrogens with zero attached hydrogens (tertiary/aromatic N) is 3. The fourth-order valence-electron chi connectivity index (χ4n) is 1.49. The second-order valence-electron chi connectivity index (χ2n) is 4.45. The Morgan fingerprint density at radius 3 is 2.95 bits per heavy atom. The zero-order chi connectivity index (χ0) is 15.7. The van der Waals surface area contributed by atoms with Crippen molar-refractivity contribution in [3.8, 4) is 6.19 Å². The van der Waals surface area contributed by atoms with Crippen molar-refractivity contribution >= 4 is 23.9 Å².